The van der Waals surface area contributed by atoms with Crippen LogP contribution in [0, 0.1) is 5.92 Å². The molecule has 0 aromatic heterocycles. The summed E-state index contributed by atoms with van der Waals surface area (Å²) in [6.45, 7) is 2.39. The standard InChI is InChI=1S/C18H22ClNO2/c19-17-6-2-1-4-15(17)9-10-18(21)20(12-14-7-8-14)13-16-5-3-11-22-16/h1-2,4,6,9-10,14,16H,3,5,7-8,11-13H2. The van der Waals surface area contributed by atoms with Crippen molar-refractivity contribution in [1.29, 1.82) is 0 Å². The molecule has 1 aliphatic heterocycles. The lowest BCUT2D eigenvalue weighted by atomic mass is 10.2. The van der Waals surface area contributed by atoms with Gasteiger partial charge in [-0.15, -0.1) is 0 Å². The average Bonchev–Trinajstić information content (AvgIpc) is 3.19. The number of rotatable bonds is 6. The van der Waals surface area contributed by atoms with Crippen LogP contribution in [0.25, 0.3) is 6.08 Å². The van der Waals surface area contributed by atoms with Gasteiger partial charge in [-0.25, -0.2) is 0 Å². The van der Waals surface area contributed by atoms with Crippen LogP contribution < -0.4 is 0 Å². The Kier molecular flexibility index (Phi) is 5.16. The number of carbonyl (C=O) groups is 1. The highest BCUT2D eigenvalue weighted by Crippen LogP contribution is 2.30. The Balaban J connectivity index is 1.63. The molecule has 118 valence electrons. The summed E-state index contributed by atoms with van der Waals surface area (Å²) in [6.07, 6.45) is 8.29. The molecular formula is C18H22ClNO2. The summed E-state index contributed by atoms with van der Waals surface area (Å²) in [5.74, 6) is 0.737. The van der Waals surface area contributed by atoms with Crippen LogP contribution in [0.4, 0.5) is 0 Å². The molecule has 1 aliphatic carbocycles. The van der Waals surface area contributed by atoms with E-state index in [0.717, 1.165) is 31.6 Å². The first-order valence-corrected chi connectivity index (χ1v) is 8.43. The number of ether oxygens (including phenoxy) is 1. The number of carbonyl (C=O) groups excluding carboxylic acids is 1. The predicted octanol–water partition coefficient (Wildman–Crippen LogP) is 3.77. The van der Waals surface area contributed by atoms with Crippen molar-refractivity contribution in [2.24, 2.45) is 5.92 Å². The molecule has 1 saturated heterocycles. The van der Waals surface area contributed by atoms with Crippen LogP contribution in [0.2, 0.25) is 5.02 Å². The molecule has 1 amide bonds. The van der Waals surface area contributed by atoms with Crippen molar-refractivity contribution in [2.75, 3.05) is 19.7 Å². The van der Waals surface area contributed by atoms with Gasteiger partial charge in [-0.2, -0.15) is 0 Å². The minimum atomic E-state index is 0.0577. The zero-order valence-corrected chi connectivity index (χ0v) is 13.5. The molecule has 1 aromatic carbocycles. The molecule has 0 bridgehead atoms. The third-order valence-corrected chi connectivity index (χ3v) is 4.59. The van der Waals surface area contributed by atoms with Crippen molar-refractivity contribution < 1.29 is 9.53 Å². The zero-order chi connectivity index (χ0) is 15.4. The zero-order valence-electron chi connectivity index (χ0n) is 12.7. The van der Waals surface area contributed by atoms with Gasteiger partial charge < -0.3 is 9.64 Å². The molecule has 0 N–H and O–H groups in total. The van der Waals surface area contributed by atoms with Crippen molar-refractivity contribution in [1.82, 2.24) is 4.90 Å². The van der Waals surface area contributed by atoms with E-state index in [4.69, 9.17) is 16.3 Å². The van der Waals surface area contributed by atoms with E-state index < -0.39 is 0 Å². The molecule has 2 aliphatic rings. The van der Waals surface area contributed by atoms with E-state index in [1.807, 2.05) is 29.2 Å². The van der Waals surface area contributed by atoms with Gasteiger partial charge in [0.05, 0.1) is 6.10 Å². The Morgan fingerprint density at radius 2 is 2.09 bits per heavy atom. The molecule has 0 radical (unpaired) electrons. The number of halogens is 1. The average molecular weight is 320 g/mol. The Hall–Kier alpha value is -1.32. The Morgan fingerprint density at radius 1 is 1.27 bits per heavy atom. The lowest BCUT2D eigenvalue weighted by Gasteiger charge is -2.24. The first-order chi connectivity index (χ1) is 10.7. The van der Waals surface area contributed by atoms with Crippen LogP contribution in [0.1, 0.15) is 31.2 Å². The third kappa shape index (κ3) is 4.34. The summed E-state index contributed by atoms with van der Waals surface area (Å²) >= 11 is 6.12. The molecule has 2 fully saturated rings. The molecule has 0 spiro atoms. The van der Waals surface area contributed by atoms with E-state index in [-0.39, 0.29) is 12.0 Å². The van der Waals surface area contributed by atoms with E-state index in [9.17, 15) is 4.79 Å². The molecule has 4 heteroatoms. The number of hydrogen-bond donors (Lipinski definition) is 0. The summed E-state index contributed by atoms with van der Waals surface area (Å²) in [6, 6.07) is 7.56. The molecular weight excluding hydrogens is 298 g/mol. The van der Waals surface area contributed by atoms with Crippen molar-refractivity contribution in [3.63, 3.8) is 0 Å². The lowest BCUT2D eigenvalue weighted by molar-refractivity contribution is -0.127. The third-order valence-electron chi connectivity index (χ3n) is 4.25. The molecule has 1 unspecified atom stereocenters. The molecule has 1 aromatic rings. The van der Waals surface area contributed by atoms with Crippen molar-refractivity contribution in [3.05, 3.63) is 40.9 Å². The van der Waals surface area contributed by atoms with E-state index in [1.165, 1.54) is 12.8 Å². The van der Waals surface area contributed by atoms with Crippen LogP contribution in [-0.4, -0.2) is 36.6 Å². The number of nitrogens with zero attached hydrogens (tertiary/aromatic N) is 1. The number of amides is 1. The smallest absolute Gasteiger partial charge is 0.246 e. The minimum Gasteiger partial charge on any atom is -0.376 e. The largest absolute Gasteiger partial charge is 0.376 e. The van der Waals surface area contributed by atoms with Crippen LogP contribution >= 0.6 is 11.6 Å². The Bertz CT molecular complexity index is 548. The highest BCUT2D eigenvalue weighted by molar-refractivity contribution is 6.32. The molecule has 22 heavy (non-hydrogen) atoms. The highest BCUT2D eigenvalue weighted by Gasteiger charge is 2.28. The second kappa shape index (κ2) is 7.30. The lowest BCUT2D eigenvalue weighted by Crippen LogP contribution is -2.37. The highest BCUT2D eigenvalue weighted by atomic mass is 35.5. The normalized spacial score (nSPS) is 21.4. The molecule has 3 rings (SSSR count). The fourth-order valence-electron chi connectivity index (χ4n) is 2.78. The topological polar surface area (TPSA) is 29.5 Å². The van der Waals surface area contributed by atoms with E-state index in [2.05, 4.69) is 0 Å². The molecule has 1 atom stereocenters. The fraction of sp³-hybridized carbons (Fsp3) is 0.500. The maximum atomic E-state index is 12.5. The quantitative estimate of drug-likeness (QED) is 0.747. The van der Waals surface area contributed by atoms with Crippen molar-refractivity contribution in [2.45, 2.75) is 31.8 Å². The first kappa shape index (κ1) is 15.6. The summed E-state index contributed by atoms with van der Waals surface area (Å²) in [4.78, 5) is 14.5. The second-order valence-electron chi connectivity index (χ2n) is 6.18. The van der Waals surface area contributed by atoms with Crippen molar-refractivity contribution in [3.8, 4) is 0 Å². The van der Waals surface area contributed by atoms with Gasteiger partial charge in [0.1, 0.15) is 0 Å². The van der Waals surface area contributed by atoms with E-state index >= 15 is 0 Å². The van der Waals surface area contributed by atoms with Crippen molar-refractivity contribution >= 4 is 23.6 Å². The SMILES string of the molecule is O=C(C=Cc1ccccc1Cl)N(CC1CC1)CC1CCCO1. The fourth-order valence-corrected chi connectivity index (χ4v) is 2.98. The van der Waals surface area contributed by atoms with Gasteiger partial charge >= 0.3 is 0 Å². The van der Waals surface area contributed by atoms with E-state index in [1.54, 1.807) is 12.2 Å². The van der Waals surface area contributed by atoms with Gasteiger partial charge in [0.15, 0.2) is 0 Å². The van der Waals surface area contributed by atoms with Crippen LogP contribution in [-0.2, 0) is 9.53 Å². The maximum Gasteiger partial charge on any atom is 0.246 e. The van der Waals surface area contributed by atoms with Gasteiger partial charge in [-0.1, -0.05) is 29.8 Å². The van der Waals surface area contributed by atoms with E-state index in [0.29, 0.717) is 17.5 Å². The first-order valence-electron chi connectivity index (χ1n) is 8.05. The summed E-state index contributed by atoms with van der Waals surface area (Å²) in [7, 11) is 0. The van der Waals surface area contributed by atoms with Gasteiger partial charge in [0.25, 0.3) is 0 Å². The molecule has 1 saturated carbocycles. The number of benzene rings is 1. The summed E-state index contributed by atoms with van der Waals surface area (Å²) in [5.41, 5.74) is 0.876. The molecule has 1 heterocycles. The second-order valence-corrected chi connectivity index (χ2v) is 6.58. The Labute approximate surface area is 136 Å². The van der Waals surface area contributed by atoms with Crippen LogP contribution in [0.5, 0.6) is 0 Å². The van der Waals surface area contributed by atoms with Crippen LogP contribution in [0.3, 0.4) is 0 Å². The van der Waals surface area contributed by atoms with Crippen LogP contribution in [0.15, 0.2) is 30.3 Å². The van der Waals surface area contributed by atoms with Gasteiger partial charge in [-0.05, 0) is 49.3 Å². The van der Waals surface area contributed by atoms with Gasteiger partial charge in [-0.3, -0.25) is 4.79 Å². The number of hydrogen-bond acceptors (Lipinski definition) is 2. The maximum absolute atomic E-state index is 12.5. The van der Waals surface area contributed by atoms with Gasteiger partial charge in [0, 0.05) is 30.8 Å². The summed E-state index contributed by atoms with van der Waals surface area (Å²) in [5, 5.41) is 0.666. The Morgan fingerprint density at radius 3 is 2.77 bits per heavy atom. The molecule has 3 nitrogen and oxygen atoms in total. The van der Waals surface area contributed by atoms with Gasteiger partial charge in [0.2, 0.25) is 5.91 Å². The predicted molar refractivity (Wildman–Crippen MR) is 88.8 cm³/mol. The minimum absolute atomic E-state index is 0.0577. The monoisotopic (exact) mass is 319 g/mol. The summed E-state index contributed by atoms with van der Waals surface area (Å²) < 4.78 is 5.68.